The molecule has 9 heteroatoms. The third-order valence-corrected chi connectivity index (χ3v) is 4.70. The van der Waals surface area contributed by atoms with Crippen LogP contribution in [0.15, 0.2) is 36.4 Å². The van der Waals surface area contributed by atoms with Crippen molar-refractivity contribution < 1.29 is 27.9 Å². The van der Waals surface area contributed by atoms with Crippen molar-refractivity contribution in [3.8, 4) is 11.8 Å². The van der Waals surface area contributed by atoms with Gasteiger partial charge in [0, 0.05) is 47.4 Å². The summed E-state index contributed by atoms with van der Waals surface area (Å²) in [5, 5.41) is 13.3. The first-order chi connectivity index (χ1) is 13.5. The van der Waals surface area contributed by atoms with Gasteiger partial charge in [-0.15, -0.1) is 0 Å². The molecule has 5 nitrogen and oxygen atoms in total. The summed E-state index contributed by atoms with van der Waals surface area (Å²) < 4.78 is 41.5. The first kappa shape index (κ1) is 20.7. The number of fused-ring (bicyclic) bond motifs is 1. The number of carbonyl (C=O) groups excluding carboxylic acids is 2. The summed E-state index contributed by atoms with van der Waals surface area (Å²) in [4.78, 5) is 25.4. The second kappa shape index (κ2) is 7.10. The average molecular weight is 423 g/mol. The van der Waals surface area contributed by atoms with Crippen molar-refractivity contribution in [3.63, 3.8) is 0 Å². The molecule has 0 saturated carbocycles. The third-order valence-electron chi connectivity index (χ3n) is 4.37. The molecule has 0 fully saturated rings. The SMILES string of the molecule is CN(C)C(=O)C#Cc1cc2c(c(C(F)(F)F)c1)C(O)(c1ccccc1Cl)C(=O)N2. The topological polar surface area (TPSA) is 69.6 Å². The Balaban J connectivity index is 2.27. The van der Waals surface area contributed by atoms with Crippen LogP contribution < -0.4 is 5.32 Å². The van der Waals surface area contributed by atoms with Crippen molar-refractivity contribution in [3.05, 3.63) is 63.7 Å². The van der Waals surface area contributed by atoms with Gasteiger partial charge in [-0.05, 0) is 18.2 Å². The van der Waals surface area contributed by atoms with Crippen molar-refractivity contribution in [1.82, 2.24) is 4.90 Å². The summed E-state index contributed by atoms with van der Waals surface area (Å²) >= 11 is 6.05. The molecule has 2 aromatic carbocycles. The molecule has 150 valence electrons. The Morgan fingerprint density at radius 1 is 1.24 bits per heavy atom. The van der Waals surface area contributed by atoms with Gasteiger partial charge < -0.3 is 15.3 Å². The number of nitrogens with zero attached hydrogens (tertiary/aromatic N) is 1. The molecule has 1 unspecified atom stereocenters. The summed E-state index contributed by atoms with van der Waals surface area (Å²) in [6.45, 7) is 0. The molecular formula is C20H14ClF3N2O3. The maximum absolute atomic E-state index is 13.8. The Bertz CT molecular complexity index is 1090. The number of carbonyl (C=O) groups is 2. The van der Waals surface area contributed by atoms with Gasteiger partial charge in [-0.1, -0.05) is 35.7 Å². The maximum atomic E-state index is 13.8. The lowest BCUT2D eigenvalue weighted by molar-refractivity contribution is -0.141. The van der Waals surface area contributed by atoms with E-state index in [4.69, 9.17) is 11.6 Å². The molecule has 1 atom stereocenters. The van der Waals surface area contributed by atoms with Crippen LogP contribution in [0.4, 0.5) is 18.9 Å². The lowest BCUT2D eigenvalue weighted by atomic mass is 9.83. The van der Waals surface area contributed by atoms with Crippen LogP contribution in [0.25, 0.3) is 0 Å². The van der Waals surface area contributed by atoms with Gasteiger partial charge in [0.2, 0.25) is 0 Å². The third kappa shape index (κ3) is 3.55. The van der Waals surface area contributed by atoms with Crippen molar-refractivity contribution >= 4 is 29.1 Å². The van der Waals surface area contributed by atoms with Gasteiger partial charge in [0.25, 0.3) is 11.8 Å². The summed E-state index contributed by atoms with van der Waals surface area (Å²) in [5.41, 5.74) is -5.12. The van der Waals surface area contributed by atoms with Crippen LogP contribution in [0.3, 0.4) is 0 Å². The van der Waals surface area contributed by atoms with Crippen LogP contribution >= 0.6 is 11.6 Å². The molecule has 0 aliphatic carbocycles. The highest BCUT2D eigenvalue weighted by atomic mass is 35.5. The smallest absolute Gasteiger partial charge is 0.372 e. The molecule has 2 amide bonds. The Labute approximate surface area is 169 Å². The molecule has 0 aromatic heterocycles. The number of aliphatic hydroxyl groups is 1. The van der Waals surface area contributed by atoms with Gasteiger partial charge in [0.1, 0.15) is 0 Å². The van der Waals surface area contributed by atoms with E-state index in [0.29, 0.717) is 6.07 Å². The number of hydrogen-bond donors (Lipinski definition) is 2. The molecule has 0 spiro atoms. The van der Waals surface area contributed by atoms with E-state index < -0.39 is 34.7 Å². The van der Waals surface area contributed by atoms with Gasteiger partial charge in [0.15, 0.2) is 5.60 Å². The number of nitrogens with one attached hydrogen (secondary N) is 1. The maximum Gasteiger partial charge on any atom is 0.416 e. The van der Waals surface area contributed by atoms with E-state index in [1.54, 1.807) is 0 Å². The molecule has 0 radical (unpaired) electrons. The molecular weight excluding hydrogens is 409 g/mol. The lowest BCUT2D eigenvalue weighted by Crippen LogP contribution is -2.37. The monoisotopic (exact) mass is 422 g/mol. The van der Waals surface area contributed by atoms with Crippen LogP contribution in [0.2, 0.25) is 5.02 Å². The first-order valence-electron chi connectivity index (χ1n) is 8.24. The van der Waals surface area contributed by atoms with Crippen molar-refractivity contribution in [2.24, 2.45) is 0 Å². The van der Waals surface area contributed by atoms with Crippen LogP contribution in [0, 0.1) is 11.8 Å². The molecule has 0 saturated heterocycles. The van der Waals surface area contributed by atoms with Crippen molar-refractivity contribution in [2.45, 2.75) is 11.8 Å². The van der Waals surface area contributed by atoms with Gasteiger partial charge in [-0.2, -0.15) is 13.2 Å². The Morgan fingerprint density at radius 2 is 1.90 bits per heavy atom. The quantitative estimate of drug-likeness (QED) is 0.694. The zero-order valence-corrected chi connectivity index (χ0v) is 15.9. The van der Waals surface area contributed by atoms with Crippen molar-refractivity contribution in [2.75, 3.05) is 19.4 Å². The Hall–Kier alpha value is -3.02. The zero-order valence-electron chi connectivity index (χ0n) is 15.2. The second-order valence-electron chi connectivity index (χ2n) is 6.54. The zero-order chi connectivity index (χ0) is 21.6. The number of amides is 2. The van der Waals surface area contributed by atoms with Crippen LogP contribution in [-0.4, -0.2) is 35.9 Å². The fraction of sp³-hybridized carbons (Fsp3) is 0.200. The minimum atomic E-state index is -4.91. The molecule has 1 aliphatic heterocycles. The van der Waals surface area contributed by atoms with Crippen LogP contribution in [0.1, 0.15) is 22.3 Å². The number of benzene rings is 2. The van der Waals surface area contributed by atoms with E-state index in [1.807, 2.05) is 0 Å². The summed E-state index contributed by atoms with van der Waals surface area (Å²) in [6, 6.07) is 7.48. The summed E-state index contributed by atoms with van der Waals surface area (Å²) in [7, 11) is 2.90. The number of halogens is 4. The lowest BCUT2D eigenvalue weighted by Gasteiger charge is -2.25. The molecule has 2 aromatic rings. The first-order valence-corrected chi connectivity index (χ1v) is 8.62. The standard InChI is InChI=1S/C20H14ClF3N2O3/c1-26(2)16(27)8-7-11-9-13(20(22,23)24)17-15(10-11)25-18(28)19(17,29)12-5-3-4-6-14(12)21/h3-6,9-10,29H,1-2H3,(H,25,28). The second-order valence-corrected chi connectivity index (χ2v) is 6.95. The van der Waals surface area contributed by atoms with Crippen molar-refractivity contribution in [1.29, 1.82) is 0 Å². The minimum absolute atomic E-state index is 0.0634. The number of hydrogen-bond acceptors (Lipinski definition) is 3. The molecule has 2 N–H and O–H groups in total. The van der Waals surface area contributed by atoms with E-state index in [-0.39, 0.29) is 21.8 Å². The van der Waals surface area contributed by atoms with E-state index >= 15 is 0 Å². The number of alkyl halides is 3. The van der Waals surface area contributed by atoms with E-state index in [9.17, 15) is 27.9 Å². The largest absolute Gasteiger partial charge is 0.416 e. The van der Waals surface area contributed by atoms with Crippen LogP contribution in [-0.2, 0) is 21.4 Å². The Kier molecular flexibility index (Phi) is 5.07. The Morgan fingerprint density at radius 3 is 2.48 bits per heavy atom. The number of rotatable bonds is 1. The highest BCUT2D eigenvalue weighted by molar-refractivity contribution is 6.32. The highest BCUT2D eigenvalue weighted by Gasteiger charge is 2.53. The van der Waals surface area contributed by atoms with Gasteiger partial charge in [-0.25, -0.2) is 0 Å². The molecule has 29 heavy (non-hydrogen) atoms. The highest BCUT2D eigenvalue weighted by Crippen LogP contribution is 2.49. The minimum Gasteiger partial charge on any atom is -0.372 e. The van der Waals surface area contributed by atoms with E-state index in [1.165, 1.54) is 49.3 Å². The predicted molar refractivity (Wildman–Crippen MR) is 100 cm³/mol. The molecule has 0 bridgehead atoms. The van der Waals surface area contributed by atoms with E-state index in [2.05, 4.69) is 17.2 Å². The average Bonchev–Trinajstić information content (AvgIpc) is 2.89. The summed E-state index contributed by atoms with van der Waals surface area (Å²) in [5.74, 6) is 2.91. The van der Waals surface area contributed by atoms with E-state index in [0.717, 1.165) is 0 Å². The fourth-order valence-electron chi connectivity index (χ4n) is 3.00. The predicted octanol–water partition coefficient (Wildman–Crippen LogP) is 2.99. The fourth-order valence-corrected chi connectivity index (χ4v) is 3.27. The molecule has 1 heterocycles. The number of anilines is 1. The molecule has 1 aliphatic rings. The molecule has 3 rings (SSSR count). The van der Waals surface area contributed by atoms with Gasteiger partial charge in [0.05, 0.1) is 5.56 Å². The van der Waals surface area contributed by atoms with Gasteiger partial charge in [-0.3, -0.25) is 9.59 Å². The van der Waals surface area contributed by atoms with Gasteiger partial charge >= 0.3 is 6.18 Å². The van der Waals surface area contributed by atoms with Crippen LogP contribution in [0.5, 0.6) is 0 Å². The summed E-state index contributed by atoms with van der Waals surface area (Å²) in [6.07, 6.45) is -4.91. The normalized spacial score (nSPS) is 17.8.